The number of hydrogen-bond donors (Lipinski definition) is 1. The summed E-state index contributed by atoms with van der Waals surface area (Å²) in [6.45, 7) is 0. The quantitative estimate of drug-likeness (QED) is 0.805. The number of halogens is 2. The summed E-state index contributed by atoms with van der Waals surface area (Å²) in [5, 5.41) is 9.30. The zero-order valence-electron chi connectivity index (χ0n) is 8.66. The average Bonchev–Trinajstić information content (AvgIpc) is 2.27. The van der Waals surface area contributed by atoms with Crippen LogP contribution < -0.4 is 4.74 Å². The summed E-state index contributed by atoms with van der Waals surface area (Å²) in [7, 11) is 1.97. The zero-order valence-corrected chi connectivity index (χ0v) is 8.66. The predicted octanol–water partition coefficient (Wildman–Crippen LogP) is 1.67. The molecule has 1 aromatic rings. The molecule has 4 nitrogen and oxygen atoms in total. The lowest BCUT2D eigenvalue weighted by atomic mass is 10.1. The minimum Gasteiger partial charge on any atom is -0.504 e. The average molecular weight is 232 g/mol. The minimum absolute atomic E-state index is 0.446. The van der Waals surface area contributed by atoms with Gasteiger partial charge in [0, 0.05) is 0 Å². The highest BCUT2D eigenvalue weighted by atomic mass is 19.3. The number of methoxy groups -OCH3 is 2. The van der Waals surface area contributed by atoms with Gasteiger partial charge in [-0.25, -0.2) is 4.79 Å². The molecule has 0 aliphatic carbocycles. The van der Waals surface area contributed by atoms with E-state index in [0.717, 1.165) is 20.3 Å². The second kappa shape index (κ2) is 4.34. The molecule has 1 N–H and O–H groups in total. The first-order valence-electron chi connectivity index (χ1n) is 4.27. The Kier molecular flexibility index (Phi) is 3.31. The van der Waals surface area contributed by atoms with Crippen LogP contribution >= 0.6 is 0 Å². The molecular formula is C10H10F2O4. The number of phenolic OH excluding ortho intramolecular Hbond substituents is 1. The van der Waals surface area contributed by atoms with Gasteiger partial charge in [-0.3, -0.25) is 0 Å². The fraction of sp³-hybridized carbons (Fsp3) is 0.300. The van der Waals surface area contributed by atoms with Gasteiger partial charge in [0.15, 0.2) is 11.5 Å². The van der Waals surface area contributed by atoms with Crippen molar-refractivity contribution in [2.75, 3.05) is 14.2 Å². The topological polar surface area (TPSA) is 55.8 Å². The molecule has 16 heavy (non-hydrogen) atoms. The van der Waals surface area contributed by atoms with Crippen LogP contribution in [0.3, 0.4) is 0 Å². The molecule has 0 aromatic heterocycles. The fourth-order valence-electron chi connectivity index (χ4n) is 1.22. The number of rotatable bonds is 3. The van der Waals surface area contributed by atoms with Crippen molar-refractivity contribution in [3.05, 3.63) is 23.8 Å². The molecule has 88 valence electrons. The first-order chi connectivity index (χ1) is 7.45. The van der Waals surface area contributed by atoms with E-state index in [-0.39, 0.29) is 0 Å². The van der Waals surface area contributed by atoms with Gasteiger partial charge in [0.25, 0.3) is 0 Å². The van der Waals surface area contributed by atoms with Crippen LogP contribution in [0.5, 0.6) is 11.5 Å². The summed E-state index contributed by atoms with van der Waals surface area (Å²) in [5.74, 6) is -6.49. The monoisotopic (exact) mass is 232 g/mol. The predicted molar refractivity (Wildman–Crippen MR) is 50.6 cm³/mol. The summed E-state index contributed by atoms with van der Waals surface area (Å²) < 4.78 is 35.6. The normalized spacial score (nSPS) is 11.0. The second-order valence-electron chi connectivity index (χ2n) is 2.92. The lowest BCUT2D eigenvalue weighted by Gasteiger charge is -2.17. The maximum Gasteiger partial charge on any atom is 0.381 e. The minimum atomic E-state index is -3.86. The number of hydrogen-bond acceptors (Lipinski definition) is 4. The molecule has 0 amide bonds. The molecule has 0 heterocycles. The van der Waals surface area contributed by atoms with Crippen molar-refractivity contribution in [2.24, 2.45) is 0 Å². The van der Waals surface area contributed by atoms with Crippen LogP contribution in [-0.2, 0) is 15.5 Å². The van der Waals surface area contributed by atoms with Gasteiger partial charge in [0.2, 0.25) is 0 Å². The van der Waals surface area contributed by atoms with Gasteiger partial charge >= 0.3 is 11.9 Å². The number of carbonyl (C=O) groups excluding carboxylic acids is 1. The molecule has 0 spiro atoms. The Morgan fingerprint density at radius 3 is 2.50 bits per heavy atom. The van der Waals surface area contributed by atoms with Crippen molar-refractivity contribution in [3.63, 3.8) is 0 Å². The van der Waals surface area contributed by atoms with E-state index >= 15 is 0 Å². The molecule has 0 aliphatic rings. The molecule has 1 aromatic carbocycles. The Morgan fingerprint density at radius 2 is 2.00 bits per heavy atom. The summed E-state index contributed by atoms with van der Waals surface area (Å²) in [6.07, 6.45) is 0. The third-order valence-electron chi connectivity index (χ3n) is 1.98. The lowest BCUT2D eigenvalue weighted by Crippen LogP contribution is -2.27. The van der Waals surface area contributed by atoms with Gasteiger partial charge in [-0.05, 0) is 12.1 Å². The maximum absolute atomic E-state index is 13.5. The molecule has 0 saturated carbocycles. The van der Waals surface area contributed by atoms with Crippen molar-refractivity contribution >= 4 is 5.97 Å². The van der Waals surface area contributed by atoms with Crippen molar-refractivity contribution in [1.29, 1.82) is 0 Å². The maximum atomic E-state index is 13.5. The van der Waals surface area contributed by atoms with E-state index in [1.54, 1.807) is 0 Å². The third kappa shape index (κ3) is 1.91. The van der Waals surface area contributed by atoms with Crippen LogP contribution in [0, 0.1) is 0 Å². The molecule has 0 aliphatic heterocycles. The SMILES string of the molecule is COC(=O)C(F)(F)c1cccc(O)c1OC. The number of para-hydroxylation sites is 1. The number of carbonyl (C=O) groups is 1. The summed E-state index contributed by atoms with van der Waals surface area (Å²) in [5.41, 5.74) is -0.734. The van der Waals surface area contributed by atoms with Gasteiger partial charge in [-0.15, -0.1) is 0 Å². The van der Waals surface area contributed by atoms with Crippen LogP contribution in [0.4, 0.5) is 8.78 Å². The van der Waals surface area contributed by atoms with Gasteiger partial charge in [0.05, 0.1) is 19.8 Å². The fourth-order valence-corrected chi connectivity index (χ4v) is 1.22. The van der Waals surface area contributed by atoms with Crippen LogP contribution in [0.2, 0.25) is 0 Å². The Balaban J connectivity index is 3.32. The van der Waals surface area contributed by atoms with E-state index in [1.165, 1.54) is 12.1 Å². The number of ether oxygens (including phenoxy) is 2. The van der Waals surface area contributed by atoms with Crippen LogP contribution in [-0.4, -0.2) is 25.3 Å². The number of benzene rings is 1. The molecule has 1 rings (SSSR count). The molecule has 0 unspecified atom stereocenters. The number of alkyl halides is 2. The second-order valence-corrected chi connectivity index (χ2v) is 2.92. The highest BCUT2D eigenvalue weighted by Gasteiger charge is 2.45. The highest BCUT2D eigenvalue weighted by molar-refractivity contribution is 5.80. The van der Waals surface area contributed by atoms with Gasteiger partial charge in [-0.2, -0.15) is 8.78 Å². The van der Waals surface area contributed by atoms with Gasteiger partial charge in [-0.1, -0.05) is 6.07 Å². The number of phenols is 1. The van der Waals surface area contributed by atoms with E-state index in [9.17, 15) is 18.7 Å². The van der Waals surface area contributed by atoms with Gasteiger partial charge < -0.3 is 14.6 Å². The summed E-state index contributed by atoms with van der Waals surface area (Å²) in [4.78, 5) is 10.9. The van der Waals surface area contributed by atoms with Crippen LogP contribution in [0.15, 0.2) is 18.2 Å². The zero-order chi connectivity index (χ0) is 12.3. The lowest BCUT2D eigenvalue weighted by molar-refractivity contribution is -0.170. The van der Waals surface area contributed by atoms with E-state index in [0.29, 0.717) is 0 Å². The van der Waals surface area contributed by atoms with Crippen molar-refractivity contribution in [3.8, 4) is 11.5 Å². The first-order valence-corrected chi connectivity index (χ1v) is 4.27. The molecule has 6 heteroatoms. The Labute approximate surface area is 90.4 Å². The highest BCUT2D eigenvalue weighted by Crippen LogP contribution is 2.40. The van der Waals surface area contributed by atoms with E-state index in [1.807, 2.05) is 0 Å². The smallest absolute Gasteiger partial charge is 0.381 e. The first kappa shape index (κ1) is 12.2. The Hall–Kier alpha value is -1.85. The van der Waals surface area contributed by atoms with E-state index < -0.39 is 29.0 Å². The van der Waals surface area contributed by atoms with E-state index in [2.05, 4.69) is 9.47 Å². The van der Waals surface area contributed by atoms with E-state index in [4.69, 9.17) is 0 Å². The largest absolute Gasteiger partial charge is 0.504 e. The molecular weight excluding hydrogens is 222 g/mol. The summed E-state index contributed by atoms with van der Waals surface area (Å²) in [6, 6.07) is 3.34. The molecule has 0 bridgehead atoms. The number of esters is 1. The number of aromatic hydroxyl groups is 1. The third-order valence-corrected chi connectivity index (χ3v) is 1.98. The van der Waals surface area contributed by atoms with Crippen molar-refractivity contribution in [2.45, 2.75) is 5.92 Å². The van der Waals surface area contributed by atoms with Gasteiger partial charge in [0.1, 0.15) is 0 Å². The molecule has 0 fully saturated rings. The summed E-state index contributed by atoms with van der Waals surface area (Å²) >= 11 is 0. The molecule has 0 atom stereocenters. The van der Waals surface area contributed by atoms with Crippen molar-refractivity contribution < 1.29 is 28.2 Å². The molecule has 0 radical (unpaired) electrons. The Morgan fingerprint density at radius 1 is 1.38 bits per heavy atom. The molecule has 0 saturated heterocycles. The van der Waals surface area contributed by atoms with Crippen LogP contribution in [0.25, 0.3) is 0 Å². The standard InChI is InChI=1S/C10H10F2O4/c1-15-8-6(4-3-5-7(8)13)10(11,12)9(14)16-2/h3-5,13H,1-2H3. The van der Waals surface area contributed by atoms with Crippen molar-refractivity contribution in [1.82, 2.24) is 0 Å². The van der Waals surface area contributed by atoms with Crippen LogP contribution in [0.1, 0.15) is 5.56 Å². The Bertz CT molecular complexity index is 404.